The molecule has 96 valence electrons. The number of hydrogen-bond acceptors (Lipinski definition) is 4. The lowest BCUT2D eigenvalue weighted by molar-refractivity contribution is -0.0122. The average molecular weight is 265 g/mol. The van der Waals surface area contributed by atoms with E-state index in [1.54, 1.807) is 4.90 Å². The van der Waals surface area contributed by atoms with Crippen LogP contribution in [0.1, 0.15) is 22.2 Å². The van der Waals surface area contributed by atoms with Crippen molar-refractivity contribution in [2.24, 2.45) is 0 Å². The van der Waals surface area contributed by atoms with Crippen LogP contribution < -0.4 is 0 Å². The largest absolute Gasteiger partial charge is 0.384 e. The van der Waals surface area contributed by atoms with Crippen LogP contribution in [0.3, 0.4) is 0 Å². The number of hydrogen-bond donors (Lipinski definition) is 1. The van der Waals surface area contributed by atoms with Crippen LogP contribution in [0.4, 0.5) is 0 Å². The molecule has 4 nitrogen and oxygen atoms in total. The van der Waals surface area contributed by atoms with Crippen LogP contribution in [0.25, 0.3) is 0 Å². The number of nitrogens with zero attached hydrogens (tertiary/aromatic N) is 1. The van der Waals surface area contributed by atoms with Crippen molar-refractivity contribution in [2.75, 3.05) is 26.3 Å². The molecule has 0 aromatic carbocycles. The molecule has 2 rings (SSSR count). The Labute approximate surface area is 110 Å². The first-order chi connectivity index (χ1) is 8.72. The lowest BCUT2D eigenvalue weighted by Gasteiger charge is -2.30. The van der Waals surface area contributed by atoms with Gasteiger partial charge in [0.05, 0.1) is 12.7 Å². The lowest BCUT2D eigenvalue weighted by Crippen LogP contribution is -2.44. The summed E-state index contributed by atoms with van der Waals surface area (Å²) in [5, 5.41) is 10.5. The van der Waals surface area contributed by atoms with Gasteiger partial charge in [0.25, 0.3) is 5.91 Å². The summed E-state index contributed by atoms with van der Waals surface area (Å²) in [5.41, 5.74) is 0.693. The Kier molecular flexibility index (Phi) is 4.37. The summed E-state index contributed by atoms with van der Waals surface area (Å²) in [6, 6.07) is 1.81. The summed E-state index contributed by atoms with van der Waals surface area (Å²) in [7, 11) is 0. The average Bonchev–Trinajstić information content (AvgIpc) is 2.83. The highest BCUT2D eigenvalue weighted by molar-refractivity contribution is 7.12. The number of aliphatic hydroxyl groups excluding tert-OH is 1. The van der Waals surface area contributed by atoms with Gasteiger partial charge in [-0.1, -0.05) is 11.8 Å². The monoisotopic (exact) mass is 265 g/mol. The van der Waals surface area contributed by atoms with Crippen LogP contribution in [0.5, 0.6) is 0 Å². The van der Waals surface area contributed by atoms with E-state index < -0.39 is 0 Å². The van der Waals surface area contributed by atoms with Crippen molar-refractivity contribution >= 4 is 17.2 Å². The van der Waals surface area contributed by atoms with Gasteiger partial charge in [-0.05, 0) is 18.4 Å². The highest BCUT2D eigenvalue weighted by Gasteiger charge is 2.24. The normalized spacial score (nSPS) is 19.2. The van der Waals surface area contributed by atoms with Crippen molar-refractivity contribution in [1.82, 2.24) is 4.90 Å². The van der Waals surface area contributed by atoms with Crippen molar-refractivity contribution in [3.63, 3.8) is 0 Å². The Balaban J connectivity index is 2.15. The molecule has 1 N–H and O–H groups in total. The zero-order chi connectivity index (χ0) is 13.0. The number of morpholine rings is 1. The van der Waals surface area contributed by atoms with E-state index in [4.69, 9.17) is 9.84 Å². The summed E-state index contributed by atoms with van der Waals surface area (Å²) in [5.74, 6) is 5.38. The molecule has 1 fully saturated rings. The Morgan fingerprint density at radius 3 is 3.28 bits per heavy atom. The van der Waals surface area contributed by atoms with Crippen molar-refractivity contribution in [3.8, 4) is 11.8 Å². The first-order valence-corrected chi connectivity index (χ1v) is 6.68. The van der Waals surface area contributed by atoms with E-state index in [-0.39, 0.29) is 18.6 Å². The predicted octanol–water partition coefficient (Wildman–Crippen LogP) is 0.953. The maximum absolute atomic E-state index is 12.3. The molecule has 5 heteroatoms. The van der Waals surface area contributed by atoms with Gasteiger partial charge in [0, 0.05) is 18.7 Å². The molecule has 1 unspecified atom stereocenters. The van der Waals surface area contributed by atoms with Gasteiger partial charge in [0.1, 0.15) is 11.5 Å². The van der Waals surface area contributed by atoms with Gasteiger partial charge in [-0.25, -0.2) is 0 Å². The van der Waals surface area contributed by atoms with E-state index in [2.05, 4.69) is 11.8 Å². The molecule has 2 heterocycles. The standard InChI is InChI=1S/C13H15NO3S/c1-10-9-14(5-7-17-10)13(16)12-11(3-2-6-15)4-8-18-12/h4,8,10,15H,5-7,9H2,1H3. The van der Waals surface area contributed by atoms with Gasteiger partial charge < -0.3 is 14.7 Å². The van der Waals surface area contributed by atoms with Gasteiger partial charge >= 0.3 is 0 Å². The second-order valence-electron chi connectivity index (χ2n) is 4.06. The Morgan fingerprint density at radius 2 is 2.56 bits per heavy atom. The SMILES string of the molecule is CC1CN(C(=O)c2sccc2C#CCO)CCO1. The molecule has 1 aliphatic rings. The molecule has 1 amide bonds. The molecule has 0 aliphatic carbocycles. The number of carbonyl (C=O) groups is 1. The zero-order valence-electron chi connectivity index (χ0n) is 10.2. The summed E-state index contributed by atoms with van der Waals surface area (Å²) >= 11 is 1.39. The fourth-order valence-electron chi connectivity index (χ4n) is 1.85. The molecule has 0 saturated carbocycles. The topological polar surface area (TPSA) is 49.8 Å². The smallest absolute Gasteiger partial charge is 0.265 e. The van der Waals surface area contributed by atoms with E-state index in [9.17, 15) is 4.79 Å². The fraction of sp³-hybridized carbons (Fsp3) is 0.462. The number of rotatable bonds is 1. The Bertz CT molecular complexity index is 486. The van der Waals surface area contributed by atoms with Crippen LogP contribution in [0.15, 0.2) is 11.4 Å². The van der Waals surface area contributed by atoms with Crippen molar-refractivity contribution in [3.05, 3.63) is 21.9 Å². The third-order valence-corrected chi connectivity index (χ3v) is 3.59. The van der Waals surface area contributed by atoms with Gasteiger partial charge in [0.2, 0.25) is 0 Å². The second-order valence-corrected chi connectivity index (χ2v) is 4.97. The summed E-state index contributed by atoms with van der Waals surface area (Å²) < 4.78 is 5.42. The molecule has 0 spiro atoms. The Hall–Kier alpha value is -1.35. The number of amides is 1. The zero-order valence-corrected chi connectivity index (χ0v) is 11.0. The number of ether oxygens (including phenoxy) is 1. The van der Waals surface area contributed by atoms with E-state index >= 15 is 0 Å². The highest BCUT2D eigenvalue weighted by atomic mass is 32.1. The summed E-state index contributed by atoms with van der Waals surface area (Å²) in [4.78, 5) is 14.8. The molecule has 18 heavy (non-hydrogen) atoms. The molecule has 1 saturated heterocycles. The van der Waals surface area contributed by atoms with Gasteiger partial charge in [0.15, 0.2) is 0 Å². The van der Waals surface area contributed by atoms with E-state index in [1.807, 2.05) is 18.4 Å². The number of thiophene rings is 1. The third kappa shape index (κ3) is 2.91. The Morgan fingerprint density at radius 1 is 1.72 bits per heavy atom. The molecule has 1 aromatic heterocycles. The fourth-order valence-corrected chi connectivity index (χ4v) is 2.67. The van der Waals surface area contributed by atoms with Crippen LogP contribution in [-0.2, 0) is 4.74 Å². The van der Waals surface area contributed by atoms with Crippen LogP contribution in [0.2, 0.25) is 0 Å². The lowest BCUT2D eigenvalue weighted by atomic mass is 10.2. The van der Waals surface area contributed by atoms with Gasteiger partial charge in [-0.3, -0.25) is 4.79 Å². The molecule has 0 radical (unpaired) electrons. The maximum Gasteiger partial charge on any atom is 0.265 e. The van der Waals surface area contributed by atoms with Crippen LogP contribution in [-0.4, -0.2) is 48.3 Å². The first-order valence-electron chi connectivity index (χ1n) is 5.80. The minimum Gasteiger partial charge on any atom is -0.384 e. The van der Waals surface area contributed by atoms with Gasteiger partial charge in [-0.2, -0.15) is 0 Å². The van der Waals surface area contributed by atoms with E-state index in [0.29, 0.717) is 30.1 Å². The van der Waals surface area contributed by atoms with E-state index in [0.717, 1.165) is 0 Å². The number of aliphatic hydroxyl groups is 1. The number of carbonyl (C=O) groups excluding carboxylic acids is 1. The molecule has 1 aromatic rings. The molecular formula is C13H15NO3S. The van der Waals surface area contributed by atoms with Gasteiger partial charge in [-0.15, -0.1) is 11.3 Å². The third-order valence-electron chi connectivity index (χ3n) is 2.69. The minimum atomic E-state index is -0.196. The highest BCUT2D eigenvalue weighted by Crippen LogP contribution is 2.19. The van der Waals surface area contributed by atoms with Crippen LogP contribution in [0, 0.1) is 11.8 Å². The van der Waals surface area contributed by atoms with Crippen molar-refractivity contribution in [2.45, 2.75) is 13.0 Å². The summed E-state index contributed by atoms with van der Waals surface area (Å²) in [6.07, 6.45) is 0.0784. The predicted molar refractivity (Wildman–Crippen MR) is 69.6 cm³/mol. The molecule has 0 bridgehead atoms. The second kappa shape index (κ2) is 6.01. The van der Waals surface area contributed by atoms with E-state index in [1.165, 1.54) is 11.3 Å². The first kappa shape index (κ1) is 13.1. The van der Waals surface area contributed by atoms with Crippen LogP contribution >= 0.6 is 11.3 Å². The molecule has 1 aliphatic heterocycles. The molecule has 1 atom stereocenters. The van der Waals surface area contributed by atoms with Crippen molar-refractivity contribution in [1.29, 1.82) is 0 Å². The summed E-state index contributed by atoms with van der Waals surface area (Å²) in [6.45, 7) is 3.58. The quantitative estimate of drug-likeness (QED) is 0.769. The van der Waals surface area contributed by atoms with Crippen molar-refractivity contribution < 1.29 is 14.6 Å². The maximum atomic E-state index is 12.3. The molecular weight excluding hydrogens is 250 g/mol. The minimum absolute atomic E-state index is 0.00221.